The molecule has 3 atom stereocenters. The summed E-state index contributed by atoms with van der Waals surface area (Å²) in [5.74, 6) is -2.53. The fourth-order valence-electron chi connectivity index (χ4n) is 5.49. The van der Waals surface area contributed by atoms with Crippen molar-refractivity contribution in [3.63, 3.8) is 0 Å². The number of halogens is 4. The number of nitrogens with one attached hydrogen (secondary N) is 1. The number of aliphatic hydroxyl groups excluding tert-OH is 1. The molecule has 10 heteroatoms. The highest BCUT2D eigenvalue weighted by atomic mass is 19.4. The highest BCUT2D eigenvalue weighted by Gasteiger charge is 2.47. The monoisotopic (exact) mass is 589 g/mol. The second-order valence-corrected chi connectivity index (χ2v) is 10.7. The van der Waals surface area contributed by atoms with Gasteiger partial charge in [-0.15, -0.1) is 0 Å². The lowest BCUT2D eigenvalue weighted by molar-refractivity contribution is -0.137. The molecule has 0 fully saturated rings. The van der Waals surface area contributed by atoms with Crippen LogP contribution in [0.1, 0.15) is 49.8 Å². The lowest BCUT2D eigenvalue weighted by Crippen LogP contribution is -2.51. The Morgan fingerprint density at radius 3 is 2.36 bits per heavy atom. The quantitative estimate of drug-likeness (QED) is 0.265. The van der Waals surface area contributed by atoms with Crippen LogP contribution in [0.15, 0.2) is 72.3 Å². The van der Waals surface area contributed by atoms with Crippen molar-refractivity contribution in [2.24, 2.45) is 17.1 Å². The van der Waals surface area contributed by atoms with E-state index >= 15 is 0 Å². The molecule has 1 unspecified atom stereocenters. The molecule has 6 nitrogen and oxygen atoms in total. The van der Waals surface area contributed by atoms with Crippen LogP contribution in [-0.2, 0) is 28.7 Å². The van der Waals surface area contributed by atoms with Gasteiger partial charge in [0.25, 0.3) is 0 Å². The zero-order valence-corrected chi connectivity index (χ0v) is 24.0. The first-order chi connectivity index (χ1) is 19.9. The summed E-state index contributed by atoms with van der Waals surface area (Å²) in [6.07, 6.45) is 0.800. The number of primary amides is 1. The maximum absolute atomic E-state index is 14.3. The van der Waals surface area contributed by atoms with Crippen molar-refractivity contribution < 1.29 is 32.3 Å². The molecule has 0 aliphatic heterocycles. The summed E-state index contributed by atoms with van der Waals surface area (Å²) < 4.78 is 53.7. The molecule has 0 spiro atoms. The molecule has 2 aromatic carbocycles. The van der Waals surface area contributed by atoms with Crippen molar-refractivity contribution in [3.8, 4) is 0 Å². The topological polar surface area (TPSA) is 95.7 Å². The number of carbonyl (C=O) groups is 2. The standard InChI is InChI=1S/C32H39F4N3O3/c1-3-15-39(16-4-2)29(41)23-11-8-14-31(19-23,30(37)42)26(17-22-9-6-5-7-10-22)28(40)21-38-20-24-18-25(32(34,35)36)12-13-27(24)33/h5-14,18,26,28,38,40H,3-4,15-17,19-21H2,1-2H3,(H2,37,42)/t26-,28+,31?/m1/s1. The molecule has 4 N–H and O–H groups in total. The van der Waals surface area contributed by atoms with Gasteiger partial charge in [-0.05, 0) is 49.4 Å². The largest absolute Gasteiger partial charge is 0.416 e. The van der Waals surface area contributed by atoms with Crippen molar-refractivity contribution in [1.29, 1.82) is 0 Å². The molecule has 3 rings (SSSR count). The Hall–Kier alpha value is -3.50. The van der Waals surface area contributed by atoms with Gasteiger partial charge in [-0.25, -0.2) is 4.39 Å². The van der Waals surface area contributed by atoms with Gasteiger partial charge in [-0.3, -0.25) is 9.59 Å². The van der Waals surface area contributed by atoms with E-state index in [0.29, 0.717) is 24.7 Å². The van der Waals surface area contributed by atoms with Crippen molar-refractivity contribution in [1.82, 2.24) is 10.2 Å². The van der Waals surface area contributed by atoms with Gasteiger partial charge in [0.15, 0.2) is 0 Å². The molecule has 1 aliphatic rings. The minimum absolute atomic E-state index is 0.0155. The molecule has 0 bridgehead atoms. The Bertz CT molecular complexity index is 1270. The van der Waals surface area contributed by atoms with E-state index < -0.39 is 40.9 Å². The van der Waals surface area contributed by atoms with Gasteiger partial charge >= 0.3 is 6.18 Å². The average molecular weight is 590 g/mol. The number of alkyl halides is 3. The summed E-state index contributed by atoms with van der Waals surface area (Å²) in [7, 11) is 0. The number of amides is 2. The van der Waals surface area contributed by atoms with Gasteiger partial charge < -0.3 is 21.1 Å². The Morgan fingerprint density at radius 2 is 1.76 bits per heavy atom. The highest BCUT2D eigenvalue weighted by Crippen LogP contribution is 2.43. The molecular formula is C32H39F4N3O3. The summed E-state index contributed by atoms with van der Waals surface area (Å²) in [5, 5.41) is 14.3. The van der Waals surface area contributed by atoms with E-state index in [-0.39, 0.29) is 37.4 Å². The number of hydrogen-bond donors (Lipinski definition) is 3. The van der Waals surface area contributed by atoms with E-state index in [2.05, 4.69) is 5.32 Å². The van der Waals surface area contributed by atoms with Gasteiger partial charge in [0, 0.05) is 43.2 Å². The molecule has 0 saturated heterocycles. The molecule has 0 heterocycles. The Labute approximate surface area is 244 Å². The molecule has 2 aromatic rings. The first kappa shape index (κ1) is 33.0. The van der Waals surface area contributed by atoms with Crippen molar-refractivity contribution in [2.75, 3.05) is 19.6 Å². The van der Waals surface area contributed by atoms with Gasteiger partial charge in [-0.1, -0.05) is 62.4 Å². The number of rotatable bonds is 14. The number of nitrogens with zero attached hydrogens (tertiary/aromatic N) is 1. The Morgan fingerprint density at radius 1 is 1.10 bits per heavy atom. The average Bonchev–Trinajstić information content (AvgIpc) is 2.96. The summed E-state index contributed by atoms with van der Waals surface area (Å²) in [5.41, 5.74) is 4.63. The van der Waals surface area contributed by atoms with E-state index in [4.69, 9.17) is 5.73 Å². The van der Waals surface area contributed by atoms with E-state index in [9.17, 15) is 32.3 Å². The van der Waals surface area contributed by atoms with Crippen LogP contribution < -0.4 is 11.1 Å². The fourth-order valence-corrected chi connectivity index (χ4v) is 5.49. The smallest absolute Gasteiger partial charge is 0.391 e. The van der Waals surface area contributed by atoms with Crippen LogP contribution in [0.4, 0.5) is 17.6 Å². The van der Waals surface area contributed by atoms with E-state index in [0.717, 1.165) is 30.5 Å². The van der Waals surface area contributed by atoms with Gasteiger partial charge in [0.05, 0.1) is 17.1 Å². The predicted molar refractivity (Wildman–Crippen MR) is 153 cm³/mol. The van der Waals surface area contributed by atoms with Crippen LogP contribution in [0.25, 0.3) is 0 Å². The zero-order valence-electron chi connectivity index (χ0n) is 24.0. The molecule has 42 heavy (non-hydrogen) atoms. The van der Waals surface area contributed by atoms with Crippen LogP contribution in [0.5, 0.6) is 0 Å². The van der Waals surface area contributed by atoms with Crippen molar-refractivity contribution >= 4 is 11.8 Å². The minimum Gasteiger partial charge on any atom is -0.391 e. The lowest BCUT2D eigenvalue weighted by atomic mass is 9.64. The van der Waals surface area contributed by atoms with Crippen LogP contribution in [0.3, 0.4) is 0 Å². The second-order valence-electron chi connectivity index (χ2n) is 10.7. The molecule has 0 aromatic heterocycles. The predicted octanol–water partition coefficient (Wildman–Crippen LogP) is 5.16. The maximum Gasteiger partial charge on any atom is 0.416 e. The number of nitrogens with two attached hydrogens (primary N) is 1. The molecule has 1 aliphatic carbocycles. The lowest BCUT2D eigenvalue weighted by Gasteiger charge is -2.41. The third-order valence-corrected chi connectivity index (χ3v) is 7.65. The third kappa shape index (κ3) is 8.07. The normalized spacial score (nSPS) is 18.3. The van der Waals surface area contributed by atoms with Crippen LogP contribution >= 0.6 is 0 Å². The number of hydrogen-bond acceptors (Lipinski definition) is 4. The molecule has 0 saturated carbocycles. The number of allylic oxidation sites excluding steroid dienone is 2. The molecule has 228 valence electrons. The van der Waals surface area contributed by atoms with Gasteiger partial charge in [0.2, 0.25) is 11.8 Å². The Balaban J connectivity index is 1.89. The number of carbonyl (C=O) groups excluding carboxylic acids is 2. The number of aliphatic hydroxyl groups is 1. The summed E-state index contributed by atoms with van der Waals surface area (Å²) in [6.45, 7) is 4.62. The van der Waals surface area contributed by atoms with E-state index in [1.807, 2.05) is 44.2 Å². The first-order valence-electron chi connectivity index (χ1n) is 14.2. The van der Waals surface area contributed by atoms with Crippen LogP contribution in [-0.4, -0.2) is 47.6 Å². The van der Waals surface area contributed by atoms with Gasteiger partial charge in [0.1, 0.15) is 5.82 Å². The van der Waals surface area contributed by atoms with E-state index in [1.165, 1.54) is 0 Å². The SMILES string of the molecule is CCCN(CCC)C(=O)C1=CC=CC(C(N)=O)([C@H](Cc2ccccc2)[C@@H](O)CNCc2cc(C(F)(F)F)ccc2F)C1. The third-order valence-electron chi connectivity index (χ3n) is 7.65. The summed E-state index contributed by atoms with van der Waals surface area (Å²) >= 11 is 0. The fraction of sp³-hybridized carbons (Fsp3) is 0.438. The summed E-state index contributed by atoms with van der Waals surface area (Å²) in [4.78, 5) is 28.4. The zero-order chi connectivity index (χ0) is 30.9. The second kappa shape index (κ2) is 14.6. The number of benzene rings is 2. The van der Waals surface area contributed by atoms with Crippen molar-refractivity contribution in [2.45, 2.75) is 58.4 Å². The summed E-state index contributed by atoms with van der Waals surface area (Å²) in [6, 6.07) is 11.3. The van der Waals surface area contributed by atoms with Crippen molar-refractivity contribution in [3.05, 3.63) is 94.8 Å². The maximum atomic E-state index is 14.3. The molecular weight excluding hydrogens is 550 g/mol. The van der Waals surface area contributed by atoms with Crippen LogP contribution in [0.2, 0.25) is 0 Å². The van der Waals surface area contributed by atoms with Gasteiger partial charge in [-0.2, -0.15) is 13.2 Å². The highest BCUT2D eigenvalue weighted by molar-refractivity contribution is 5.96. The molecule has 0 radical (unpaired) electrons. The Kier molecular flexibility index (Phi) is 11.5. The van der Waals surface area contributed by atoms with E-state index in [1.54, 1.807) is 23.1 Å². The molecule has 2 amide bonds. The first-order valence-corrected chi connectivity index (χ1v) is 14.2. The minimum atomic E-state index is -4.63. The van der Waals surface area contributed by atoms with Crippen LogP contribution in [0, 0.1) is 17.2 Å².